The maximum Gasteiger partial charge on any atom is 0.274 e. The van der Waals surface area contributed by atoms with Crippen molar-refractivity contribution >= 4 is 60.9 Å². The second-order valence-electron chi connectivity index (χ2n) is 7.01. The first-order valence-corrected chi connectivity index (χ1v) is 11.6. The van der Waals surface area contributed by atoms with Crippen molar-refractivity contribution in [1.29, 1.82) is 5.26 Å². The van der Waals surface area contributed by atoms with E-state index < -0.39 is 0 Å². The third-order valence-corrected chi connectivity index (χ3v) is 6.81. The van der Waals surface area contributed by atoms with E-state index in [9.17, 15) is 10.1 Å². The van der Waals surface area contributed by atoms with Crippen molar-refractivity contribution in [3.05, 3.63) is 102 Å². The van der Waals surface area contributed by atoms with Gasteiger partial charge in [0.25, 0.3) is 5.56 Å². The Morgan fingerprint density at radius 2 is 1.97 bits per heavy atom. The second-order valence-corrected chi connectivity index (χ2v) is 9.28. The van der Waals surface area contributed by atoms with Gasteiger partial charge in [-0.3, -0.25) is 4.79 Å². The molecule has 0 radical (unpaired) electrons. The van der Waals surface area contributed by atoms with Crippen LogP contribution in [0.25, 0.3) is 22.1 Å². The zero-order valence-electron chi connectivity index (χ0n) is 16.4. The van der Waals surface area contributed by atoms with Crippen molar-refractivity contribution in [2.45, 2.75) is 6.61 Å². The van der Waals surface area contributed by atoms with E-state index in [1.165, 1.54) is 11.3 Å². The highest BCUT2D eigenvalue weighted by Crippen LogP contribution is 2.35. The largest absolute Gasteiger partial charge is 0.486 e. The summed E-state index contributed by atoms with van der Waals surface area (Å²) in [7, 11) is 0. The molecule has 0 aliphatic rings. The number of nitriles is 1. The molecule has 0 bridgehead atoms. The fraction of sp³-hybridized carbons (Fsp3) is 0.0417. The molecular weight excluding hydrogens is 510 g/mol. The summed E-state index contributed by atoms with van der Waals surface area (Å²) in [6.45, 7) is 0.213. The topological polar surface area (TPSA) is 67.4 Å². The Labute approximate surface area is 199 Å². The summed E-state index contributed by atoms with van der Waals surface area (Å²) in [4.78, 5) is 18.2. The molecule has 0 saturated carbocycles. The van der Waals surface area contributed by atoms with Gasteiger partial charge in [-0.05, 0) is 57.9 Å². The fourth-order valence-electron chi connectivity index (χ4n) is 3.47. The monoisotopic (exact) mass is 521 g/mol. The SMILES string of the molecule is N#Cc1ccccc1COc1c(Cl)cc(/C=c2\sc3nc4ccccc4n3c2=O)cc1Br. The molecular formula is C24H13BrClN3O2S. The number of hydrogen-bond acceptors (Lipinski definition) is 5. The first kappa shape index (κ1) is 20.7. The number of rotatable bonds is 4. The van der Waals surface area contributed by atoms with Gasteiger partial charge in [0.05, 0.1) is 36.7 Å². The number of fused-ring (bicyclic) bond motifs is 3. The van der Waals surface area contributed by atoms with Crippen LogP contribution in [0.3, 0.4) is 0 Å². The molecule has 0 fully saturated rings. The second kappa shape index (κ2) is 8.40. The standard InChI is InChI=1S/C24H13BrClN3O2S/c25-17-9-14(10-18(26)22(17)31-13-16-6-2-1-5-15(16)12-27)11-21-23(30)29-20-8-4-3-7-19(20)28-24(29)32-21/h1-11H,13H2/b21-11-. The van der Waals surface area contributed by atoms with Gasteiger partial charge < -0.3 is 4.74 Å². The van der Waals surface area contributed by atoms with Crippen LogP contribution in [0.4, 0.5) is 0 Å². The quantitative estimate of drug-likeness (QED) is 0.320. The maximum absolute atomic E-state index is 13.0. The van der Waals surface area contributed by atoms with Crippen LogP contribution in [0.5, 0.6) is 5.75 Å². The summed E-state index contributed by atoms with van der Waals surface area (Å²) >= 11 is 11.3. The van der Waals surface area contributed by atoms with E-state index in [0.29, 0.717) is 30.3 Å². The number of halogens is 2. The number of para-hydroxylation sites is 2. The Morgan fingerprint density at radius 1 is 1.19 bits per heavy atom. The molecule has 0 aliphatic carbocycles. The van der Waals surface area contributed by atoms with Crippen LogP contribution in [0.2, 0.25) is 5.02 Å². The normalized spacial score (nSPS) is 11.8. The van der Waals surface area contributed by atoms with Gasteiger partial charge in [-0.1, -0.05) is 53.3 Å². The highest BCUT2D eigenvalue weighted by atomic mass is 79.9. The molecule has 0 spiro atoms. The molecule has 2 aromatic heterocycles. The van der Waals surface area contributed by atoms with Crippen LogP contribution in [0, 0.1) is 11.3 Å². The highest BCUT2D eigenvalue weighted by molar-refractivity contribution is 9.10. The molecule has 5 aromatic rings. The lowest BCUT2D eigenvalue weighted by Gasteiger charge is -2.12. The predicted molar refractivity (Wildman–Crippen MR) is 130 cm³/mol. The smallest absolute Gasteiger partial charge is 0.274 e. The van der Waals surface area contributed by atoms with Gasteiger partial charge in [0.15, 0.2) is 10.7 Å². The summed E-state index contributed by atoms with van der Waals surface area (Å²) in [5, 5.41) is 9.65. The molecule has 5 rings (SSSR count). The lowest BCUT2D eigenvalue weighted by molar-refractivity contribution is 0.304. The van der Waals surface area contributed by atoms with E-state index in [4.69, 9.17) is 16.3 Å². The molecule has 3 aromatic carbocycles. The molecule has 0 unspecified atom stereocenters. The first-order chi connectivity index (χ1) is 15.5. The number of benzene rings is 3. The lowest BCUT2D eigenvalue weighted by Crippen LogP contribution is -2.22. The summed E-state index contributed by atoms with van der Waals surface area (Å²) in [6.07, 6.45) is 1.79. The van der Waals surface area contributed by atoms with Gasteiger partial charge in [-0.15, -0.1) is 0 Å². The molecule has 0 atom stereocenters. The van der Waals surface area contributed by atoms with Crippen LogP contribution in [-0.4, -0.2) is 9.38 Å². The maximum atomic E-state index is 13.0. The average molecular weight is 523 g/mol. The minimum Gasteiger partial charge on any atom is -0.486 e. The Kier molecular flexibility index (Phi) is 5.43. The number of nitrogens with zero attached hydrogens (tertiary/aromatic N) is 3. The minimum absolute atomic E-state index is 0.112. The van der Waals surface area contributed by atoms with E-state index >= 15 is 0 Å². The van der Waals surface area contributed by atoms with Gasteiger partial charge in [0.2, 0.25) is 0 Å². The van der Waals surface area contributed by atoms with Gasteiger partial charge in [-0.25, -0.2) is 9.38 Å². The molecule has 8 heteroatoms. The average Bonchev–Trinajstić information content (AvgIpc) is 3.29. The highest BCUT2D eigenvalue weighted by Gasteiger charge is 2.13. The van der Waals surface area contributed by atoms with E-state index in [2.05, 4.69) is 27.0 Å². The summed E-state index contributed by atoms with van der Waals surface area (Å²) < 4.78 is 8.75. The van der Waals surface area contributed by atoms with E-state index in [1.807, 2.05) is 48.5 Å². The zero-order chi connectivity index (χ0) is 22.2. The van der Waals surface area contributed by atoms with Crippen molar-refractivity contribution in [2.24, 2.45) is 0 Å². The number of aromatic nitrogens is 2. The van der Waals surface area contributed by atoms with Gasteiger partial charge >= 0.3 is 0 Å². The van der Waals surface area contributed by atoms with Crippen molar-refractivity contribution in [1.82, 2.24) is 9.38 Å². The third-order valence-electron chi connectivity index (χ3n) is 4.97. The fourth-order valence-corrected chi connectivity index (χ4v) is 5.44. The zero-order valence-corrected chi connectivity index (χ0v) is 19.5. The third kappa shape index (κ3) is 3.67. The minimum atomic E-state index is -0.112. The number of ether oxygens (including phenoxy) is 1. The van der Waals surface area contributed by atoms with Crippen LogP contribution in [-0.2, 0) is 6.61 Å². The Balaban J connectivity index is 1.49. The molecule has 0 N–H and O–H groups in total. The van der Waals surface area contributed by atoms with Crippen LogP contribution < -0.4 is 14.8 Å². The van der Waals surface area contributed by atoms with Gasteiger partial charge in [0, 0.05) is 5.56 Å². The van der Waals surface area contributed by atoms with Gasteiger partial charge in [0.1, 0.15) is 6.61 Å². The summed E-state index contributed by atoms with van der Waals surface area (Å²) in [5.41, 5.74) is 3.58. The van der Waals surface area contributed by atoms with E-state index in [1.54, 1.807) is 22.6 Å². The molecule has 156 valence electrons. The molecule has 2 heterocycles. The molecule has 0 saturated heterocycles. The Hall–Kier alpha value is -3.18. The summed E-state index contributed by atoms with van der Waals surface area (Å²) in [6, 6.07) is 20.6. The van der Waals surface area contributed by atoms with Crippen LogP contribution in [0.1, 0.15) is 16.7 Å². The van der Waals surface area contributed by atoms with E-state index in [0.717, 1.165) is 22.2 Å². The molecule has 0 amide bonds. The molecule has 0 aliphatic heterocycles. The number of imidazole rings is 1. The lowest BCUT2D eigenvalue weighted by atomic mass is 10.1. The van der Waals surface area contributed by atoms with Crippen molar-refractivity contribution in [3.8, 4) is 11.8 Å². The van der Waals surface area contributed by atoms with Crippen molar-refractivity contribution in [3.63, 3.8) is 0 Å². The van der Waals surface area contributed by atoms with Crippen molar-refractivity contribution < 1.29 is 4.74 Å². The first-order valence-electron chi connectivity index (χ1n) is 9.57. The van der Waals surface area contributed by atoms with Crippen LogP contribution in [0.15, 0.2) is 69.9 Å². The Morgan fingerprint density at radius 3 is 2.78 bits per heavy atom. The number of thiazole rings is 1. The molecule has 5 nitrogen and oxygen atoms in total. The predicted octanol–water partition coefficient (Wildman–Crippen LogP) is 5.32. The van der Waals surface area contributed by atoms with Gasteiger partial charge in [-0.2, -0.15) is 5.26 Å². The summed E-state index contributed by atoms with van der Waals surface area (Å²) in [5.74, 6) is 0.478. The van der Waals surface area contributed by atoms with Crippen LogP contribution >= 0.6 is 38.9 Å². The Bertz CT molecular complexity index is 1630. The molecule has 32 heavy (non-hydrogen) atoms. The van der Waals surface area contributed by atoms with Crippen molar-refractivity contribution in [2.75, 3.05) is 0 Å². The van der Waals surface area contributed by atoms with E-state index in [-0.39, 0.29) is 12.2 Å². The number of hydrogen-bond donors (Lipinski definition) is 0.